The van der Waals surface area contributed by atoms with Gasteiger partial charge >= 0.3 is 0 Å². The van der Waals surface area contributed by atoms with Crippen LogP contribution in [0, 0.1) is 0 Å². The van der Waals surface area contributed by atoms with Gasteiger partial charge in [-0.25, -0.2) is 4.68 Å². The van der Waals surface area contributed by atoms with Crippen LogP contribution >= 0.6 is 11.6 Å². The molecule has 1 amide bonds. The third-order valence-electron chi connectivity index (χ3n) is 5.94. The van der Waals surface area contributed by atoms with E-state index in [-0.39, 0.29) is 5.91 Å². The highest BCUT2D eigenvalue weighted by atomic mass is 35.5. The molecule has 5 nitrogen and oxygen atoms in total. The van der Waals surface area contributed by atoms with Gasteiger partial charge < -0.3 is 9.80 Å². The number of benzene rings is 2. The third-order valence-corrected chi connectivity index (χ3v) is 6.18. The zero-order valence-electron chi connectivity index (χ0n) is 16.4. The zero-order valence-corrected chi connectivity index (χ0v) is 17.2. The number of hydrogen-bond acceptors (Lipinski definition) is 3. The molecule has 1 aliphatic carbocycles. The Morgan fingerprint density at radius 2 is 1.76 bits per heavy atom. The van der Waals surface area contributed by atoms with E-state index in [1.165, 1.54) is 5.56 Å². The molecule has 1 aromatic heterocycles. The molecule has 0 spiro atoms. The van der Waals surface area contributed by atoms with Gasteiger partial charge in [-0.05, 0) is 49.7 Å². The van der Waals surface area contributed by atoms with Crippen LogP contribution in [0.5, 0.6) is 0 Å². The first-order chi connectivity index (χ1) is 14.1. The van der Waals surface area contributed by atoms with Crippen molar-refractivity contribution in [2.75, 3.05) is 33.2 Å². The van der Waals surface area contributed by atoms with Gasteiger partial charge in [-0.1, -0.05) is 35.9 Å². The molecule has 1 fully saturated rings. The van der Waals surface area contributed by atoms with Gasteiger partial charge in [-0.15, -0.1) is 0 Å². The van der Waals surface area contributed by atoms with Gasteiger partial charge in [-0.3, -0.25) is 4.79 Å². The SMILES string of the molecule is CN1CCN(C(=O)c2nn(-c3ccccc3)c3c2CCc2cc(Cl)ccc2-3)CC1. The second-order valence-electron chi connectivity index (χ2n) is 7.82. The average molecular weight is 407 g/mol. The molecule has 0 radical (unpaired) electrons. The lowest BCUT2D eigenvalue weighted by molar-refractivity contribution is 0.0656. The summed E-state index contributed by atoms with van der Waals surface area (Å²) in [5.74, 6) is 0.0430. The third kappa shape index (κ3) is 3.24. The van der Waals surface area contributed by atoms with Crippen molar-refractivity contribution in [3.05, 3.63) is 70.4 Å². The minimum atomic E-state index is 0.0430. The van der Waals surface area contributed by atoms with Crippen molar-refractivity contribution in [1.82, 2.24) is 19.6 Å². The number of rotatable bonds is 2. The highest BCUT2D eigenvalue weighted by molar-refractivity contribution is 6.30. The number of carbonyl (C=O) groups excluding carboxylic acids is 1. The highest BCUT2D eigenvalue weighted by Crippen LogP contribution is 2.38. The van der Waals surface area contributed by atoms with Crippen molar-refractivity contribution in [3.8, 4) is 16.9 Å². The summed E-state index contributed by atoms with van der Waals surface area (Å²) in [6.07, 6.45) is 1.66. The Bertz CT molecular complexity index is 1070. The van der Waals surface area contributed by atoms with Crippen molar-refractivity contribution in [1.29, 1.82) is 0 Å². The molecular weight excluding hydrogens is 384 g/mol. The van der Waals surface area contributed by atoms with Crippen LogP contribution in [0.25, 0.3) is 16.9 Å². The number of aromatic nitrogens is 2. The molecule has 148 valence electrons. The van der Waals surface area contributed by atoms with Crippen molar-refractivity contribution in [3.63, 3.8) is 0 Å². The summed E-state index contributed by atoms with van der Waals surface area (Å²) in [5.41, 5.74) is 5.95. The Kier molecular flexibility index (Phi) is 4.64. The monoisotopic (exact) mass is 406 g/mol. The number of fused-ring (bicyclic) bond motifs is 3. The number of carbonyl (C=O) groups is 1. The minimum absolute atomic E-state index is 0.0430. The van der Waals surface area contributed by atoms with Gasteiger partial charge in [0.05, 0.1) is 11.4 Å². The van der Waals surface area contributed by atoms with Crippen LogP contribution in [0.4, 0.5) is 0 Å². The number of nitrogens with zero attached hydrogens (tertiary/aromatic N) is 4. The number of amides is 1. The molecule has 1 saturated heterocycles. The Hall–Kier alpha value is -2.63. The van der Waals surface area contributed by atoms with E-state index in [0.717, 1.165) is 66.6 Å². The van der Waals surface area contributed by atoms with E-state index >= 15 is 0 Å². The molecule has 2 aromatic carbocycles. The van der Waals surface area contributed by atoms with Gasteiger partial charge in [0.15, 0.2) is 5.69 Å². The summed E-state index contributed by atoms with van der Waals surface area (Å²) < 4.78 is 1.94. The fourth-order valence-corrected chi connectivity index (χ4v) is 4.51. The molecule has 2 heterocycles. The van der Waals surface area contributed by atoms with Crippen molar-refractivity contribution in [2.24, 2.45) is 0 Å². The maximum Gasteiger partial charge on any atom is 0.274 e. The number of aryl methyl sites for hydroxylation is 1. The summed E-state index contributed by atoms with van der Waals surface area (Å²) in [6, 6.07) is 16.0. The second-order valence-corrected chi connectivity index (χ2v) is 8.26. The number of halogens is 1. The van der Waals surface area contributed by atoms with Gasteiger partial charge in [0.2, 0.25) is 0 Å². The molecule has 6 heteroatoms. The molecule has 0 atom stereocenters. The van der Waals surface area contributed by atoms with E-state index < -0.39 is 0 Å². The van der Waals surface area contributed by atoms with Crippen molar-refractivity contribution in [2.45, 2.75) is 12.8 Å². The van der Waals surface area contributed by atoms with Crippen LogP contribution in [-0.4, -0.2) is 58.7 Å². The van der Waals surface area contributed by atoms with E-state index in [1.807, 2.05) is 52.0 Å². The van der Waals surface area contributed by atoms with Crippen molar-refractivity contribution < 1.29 is 4.79 Å². The van der Waals surface area contributed by atoms with E-state index in [0.29, 0.717) is 5.69 Å². The van der Waals surface area contributed by atoms with Crippen molar-refractivity contribution >= 4 is 17.5 Å². The largest absolute Gasteiger partial charge is 0.335 e. The van der Waals surface area contributed by atoms with Gasteiger partial charge in [-0.2, -0.15) is 5.10 Å². The van der Waals surface area contributed by atoms with Gasteiger partial charge in [0.1, 0.15) is 0 Å². The quantitative estimate of drug-likeness (QED) is 0.652. The fraction of sp³-hybridized carbons (Fsp3) is 0.304. The standard InChI is InChI=1S/C23H23ClN4O/c1-26-11-13-27(14-12-26)23(29)21-20-9-7-16-15-17(24)8-10-19(16)22(20)28(25-21)18-5-3-2-4-6-18/h2-6,8,10,15H,7,9,11-14H2,1H3. The fourth-order valence-electron chi connectivity index (χ4n) is 4.31. The maximum absolute atomic E-state index is 13.4. The summed E-state index contributed by atoms with van der Waals surface area (Å²) in [7, 11) is 2.09. The number of likely N-dealkylation sites (N-methyl/N-ethyl adjacent to an activating group) is 1. The highest BCUT2D eigenvalue weighted by Gasteiger charge is 2.31. The topological polar surface area (TPSA) is 41.4 Å². The van der Waals surface area contributed by atoms with Crippen LogP contribution in [-0.2, 0) is 12.8 Å². The molecule has 3 aromatic rings. The van der Waals surface area contributed by atoms with Crippen LogP contribution in [0.3, 0.4) is 0 Å². The predicted octanol–water partition coefficient (Wildman–Crippen LogP) is 3.68. The molecule has 0 unspecified atom stereocenters. The molecule has 29 heavy (non-hydrogen) atoms. The van der Waals surface area contributed by atoms with E-state index in [4.69, 9.17) is 16.7 Å². The average Bonchev–Trinajstić information content (AvgIpc) is 3.14. The normalized spacial score (nSPS) is 16.4. The van der Waals surface area contributed by atoms with Gasteiger partial charge in [0, 0.05) is 42.3 Å². The van der Waals surface area contributed by atoms with Crippen LogP contribution in [0.2, 0.25) is 5.02 Å². The van der Waals surface area contributed by atoms with Crippen LogP contribution < -0.4 is 0 Å². The lowest BCUT2D eigenvalue weighted by Gasteiger charge is -2.32. The van der Waals surface area contributed by atoms with Crippen LogP contribution in [0.15, 0.2) is 48.5 Å². The molecule has 0 bridgehead atoms. The molecule has 0 N–H and O–H groups in total. The lowest BCUT2D eigenvalue weighted by Crippen LogP contribution is -2.47. The summed E-state index contributed by atoms with van der Waals surface area (Å²) in [4.78, 5) is 17.6. The number of para-hydroxylation sites is 1. The summed E-state index contributed by atoms with van der Waals surface area (Å²) >= 11 is 6.24. The van der Waals surface area contributed by atoms with E-state index in [9.17, 15) is 4.79 Å². The molecule has 2 aliphatic rings. The molecule has 1 aliphatic heterocycles. The Morgan fingerprint density at radius 3 is 2.52 bits per heavy atom. The minimum Gasteiger partial charge on any atom is -0.335 e. The van der Waals surface area contributed by atoms with Crippen LogP contribution in [0.1, 0.15) is 21.6 Å². The van der Waals surface area contributed by atoms with Gasteiger partial charge in [0.25, 0.3) is 5.91 Å². The first kappa shape index (κ1) is 18.4. The predicted molar refractivity (Wildman–Crippen MR) is 115 cm³/mol. The Labute approximate surface area is 175 Å². The Balaban J connectivity index is 1.65. The molecule has 0 saturated carbocycles. The molecule has 5 rings (SSSR count). The first-order valence-corrected chi connectivity index (χ1v) is 10.4. The maximum atomic E-state index is 13.4. The summed E-state index contributed by atoms with van der Waals surface area (Å²) in [6.45, 7) is 3.28. The molecular formula is C23H23ClN4O. The zero-order chi connectivity index (χ0) is 20.0. The second kappa shape index (κ2) is 7.32. The summed E-state index contributed by atoms with van der Waals surface area (Å²) in [5, 5.41) is 5.60. The first-order valence-electron chi connectivity index (χ1n) is 10.1. The number of piperazine rings is 1. The van der Waals surface area contributed by atoms with E-state index in [1.54, 1.807) is 0 Å². The lowest BCUT2D eigenvalue weighted by atomic mass is 9.88. The Morgan fingerprint density at radius 1 is 1.00 bits per heavy atom. The number of hydrogen-bond donors (Lipinski definition) is 0. The smallest absolute Gasteiger partial charge is 0.274 e. The van der Waals surface area contributed by atoms with E-state index in [2.05, 4.69) is 18.0 Å².